The molecule has 0 bridgehead atoms. The van der Waals surface area contributed by atoms with Gasteiger partial charge in [-0.15, -0.1) is 0 Å². The summed E-state index contributed by atoms with van der Waals surface area (Å²) in [7, 11) is 0. The Kier molecular flexibility index (Phi) is 17.5. The summed E-state index contributed by atoms with van der Waals surface area (Å²) in [5, 5.41) is 18.4. The van der Waals surface area contributed by atoms with E-state index in [1.807, 2.05) is 6.07 Å². The van der Waals surface area contributed by atoms with Crippen LogP contribution < -0.4 is 0 Å². The normalized spacial score (nSPS) is 12.6. The summed E-state index contributed by atoms with van der Waals surface area (Å²) in [6, 6.07) is 6.06. The number of ether oxygens (including phenoxy) is 1. The first-order valence-corrected chi connectivity index (χ1v) is 13.3. The maximum atomic E-state index is 13.5. The molecule has 0 amide bonds. The summed E-state index contributed by atoms with van der Waals surface area (Å²) in [5.41, 5.74) is 0.861. The van der Waals surface area contributed by atoms with Crippen molar-refractivity contribution in [3.8, 4) is 6.07 Å². The van der Waals surface area contributed by atoms with Crippen molar-refractivity contribution in [1.29, 1.82) is 5.26 Å². The van der Waals surface area contributed by atoms with Gasteiger partial charge in [-0.1, -0.05) is 89.9 Å². The van der Waals surface area contributed by atoms with Gasteiger partial charge in [0.1, 0.15) is 5.82 Å². The highest BCUT2D eigenvalue weighted by molar-refractivity contribution is 5.33. The Balaban J connectivity index is 1.90. The third-order valence-electron chi connectivity index (χ3n) is 6.26. The maximum absolute atomic E-state index is 13.5. The number of nitriles is 1. The minimum atomic E-state index is -4.00. The van der Waals surface area contributed by atoms with Gasteiger partial charge in [-0.3, -0.25) is 0 Å². The lowest BCUT2D eigenvalue weighted by molar-refractivity contribution is -0.135. The summed E-state index contributed by atoms with van der Waals surface area (Å²) in [6.07, 6.45) is 11.7. The number of halogens is 4. The van der Waals surface area contributed by atoms with Crippen LogP contribution >= 0.6 is 0 Å². The van der Waals surface area contributed by atoms with Crippen molar-refractivity contribution in [2.75, 3.05) is 6.61 Å². The Labute approximate surface area is 208 Å². The van der Waals surface area contributed by atoms with Crippen molar-refractivity contribution in [2.24, 2.45) is 0 Å². The second kappa shape index (κ2) is 19.5. The van der Waals surface area contributed by atoms with E-state index in [1.54, 1.807) is 6.07 Å². The minimum Gasteiger partial charge on any atom is -0.394 e. The van der Waals surface area contributed by atoms with E-state index in [0.717, 1.165) is 38.5 Å². The molecular formula is C28H43F4NO2. The molecule has 0 aromatic heterocycles. The lowest BCUT2D eigenvalue weighted by Gasteiger charge is -2.15. The van der Waals surface area contributed by atoms with E-state index in [9.17, 15) is 22.7 Å². The number of rotatable bonds is 21. The summed E-state index contributed by atoms with van der Waals surface area (Å²) < 4.78 is 55.3. The Morgan fingerprint density at radius 3 is 1.71 bits per heavy atom. The molecule has 1 aromatic rings. The molecule has 35 heavy (non-hydrogen) atoms. The largest absolute Gasteiger partial charge is 0.394 e. The number of benzene rings is 1. The van der Waals surface area contributed by atoms with Crippen LogP contribution in [0.25, 0.3) is 0 Å². The monoisotopic (exact) mass is 501 g/mol. The standard InChI is InChI=1S/C28H43F4NO2/c29-26-19-24(21-33)18-25(20-26)23-35-27(22-34)16-14-12-10-8-6-4-2-1-3-5-7-9-11-13-15-17-28(30,31)32/h18-20,27,34H,1-17,22-23H2/t27-/m1/s1. The van der Waals surface area contributed by atoms with Gasteiger partial charge >= 0.3 is 6.18 Å². The van der Waals surface area contributed by atoms with Crippen LogP contribution in [0.4, 0.5) is 17.6 Å². The summed E-state index contributed by atoms with van der Waals surface area (Å²) in [4.78, 5) is 0. The topological polar surface area (TPSA) is 53.2 Å². The third-order valence-corrected chi connectivity index (χ3v) is 6.26. The second-order valence-electron chi connectivity index (χ2n) is 9.53. The first kappa shape index (κ1) is 31.4. The number of hydrogen-bond acceptors (Lipinski definition) is 3. The summed E-state index contributed by atoms with van der Waals surface area (Å²) in [5.74, 6) is -0.459. The van der Waals surface area contributed by atoms with Gasteiger partial charge < -0.3 is 9.84 Å². The van der Waals surface area contributed by atoms with Crippen LogP contribution in [-0.4, -0.2) is 24.0 Å². The number of alkyl halides is 3. The van der Waals surface area contributed by atoms with Crippen LogP contribution in [0, 0.1) is 17.1 Å². The predicted octanol–water partition coefficient (Wildman–Crippen LogP) is 8.77. The zero-order valence-corrected chi connectivity index (χ0v) is 21.1. The molecule has 1 rings (SSSR count). The van der Waals surface area contributed by atoms with Gasteiger partial charge in [0.25, 0.3) is 0 Å². The molecule has 1 N–H and O–H groups in total. The number of unbranched alkanes of at least 4 members (excludes halogenated alkanes) is 14. The smallest absolute Gasteiger partial charge is 0.389 e. The van der Waals surface area contributed by atoms with E-state index < -0.39 is 18.4 Å². The molecule has 3 nitrogen and oxygen atoms in total. The van der Waals surface area contributed by atoms with E-state index in [1.165, 1.54) is 63.5 Å². The van der Waals surface area contributed by atoms with Gasteiger partial charge in [0.05, 0.1) is 31.0 Å². The van der Waals surface area contributed by atoms with Crippen LogP contribution in [0.15, 0.2) is 18.2 Å². The summed E-state index contributed by atoms with van der Waals surface area (Å²) in [6.45, 7) is 0.109. The molecule has 0 aliphatic heterocycles. The van der Waals surface area contributed by atoms with Crippen molar-refractivity contribution in [2.45, 2.75) is 128 Å². The fourth-order valence-corrected chi connectivity index (χ4v) is 4.24. The number of aliphatic hydroxyl groups excluding tert-OH is 1. The van der Waals surface area contributed by atoms with Gasteiger partial charge in [-0.05, 0) is 36.6 Å². The Morgan fingerprint density at radius 2 is 1.26 bits per heavy atom. The second-order valence-corrected chi connectivity index (χ2v) is 9.53. The van der Waals surface area contributed by atoms with E-state index in [4.69, 9.17) is 10.00 Å². The molecule has 0 heterocycles. The number of hydrogen-bond donors (Lipinski definition) is 1. The molecule has 0 aliphatic carbocycles. The van der Waals surface area contributed by atoms with Crippen molar-refractivity contribution in [1.82, 2.24) is 0 Å². The average Bonchev–Trinajstić information content (AvgIpc) is 2.81. The molecule has 1 atom stereocenters. The quantitative estimate of drug-likeness (QED) is 0.135. The van der Waals surface area contributed by atoms with E-state index in [0.29, 0.717) is 12.0 Å². The lowest BCUT2D eigenvalue weighted by Crippen LogP contribution is -2.17. The van der Waals surface area contributed by atoms with Crippen LogP contribution in [0.3, 0.4) is 0 Å². The van der Waals surface area contributed by atoms with E-state index in [-0.39, 0.29) is 31.3 Å². The Hall–Kier alpha value is -1.65. The minimum absolute atomic E-state index is 0.0710. The first-order chi connectivity index (χ1) is 16.8. The third kappa shape index (κ3) is 18.3. The molecule has 0 radical (unpaired) electrons. The zero-order valence-electron chi connectivity index (χ0n) is 21.1. The van der Waals surface area contributed by atoms with E-state index in [2.05, 4.69) is 0 Å². The highest BCUT2D eigenvalue weighted by Gasteiger charge is 2.25. The van der Waals surface area contributed by atoms with Crippen LogP contribution in [0.2, 0.25) is 0 Å². The lowest BCUT2D eigenvalue weighted by atomic mass is 10.0. The molecule has 0 fully saturated rings. The van der Waals surface area contributed by atoms with Gasteiger partial charge in [0.2, 0.25) is 0 Å². The van der Waals surface area contributed by atoms with Crippen LogP contribution in [0.1, 0.15) is 120 Å². The van der Waals surface area contributed by atoms with Gasteiger partial charge in [-0.25, -0.2) is 4.39 Å². The number of nitrogens with zero attached hydrogens (tertiary/aromatic N) is 1. The molecule has 0 saturated carbocycles. The van der Waals surface area contributed by atoms with Crippen molar-refractivity contribution in [3.63, 3.8) is 0 Å². The molecule has 0 saturated heterocycles. The zero-order chi connectivity index (χ0) is 25.8. The van der Waals surface area contributed by atoms with Gasteiger partial charge in [0, 0.05) is 6.42 Å². The molecule has 0 aliphatic rings. The molecule has 200 valence electrons. The predicted molar refractivity (Wildman–Crippen MR) is 131 cm³/mol. The van der Waals surface area contributed by atoms with Crippen molar-refractivity contribution < 1.29 is 27.4 Å². The molecule has 0 spiro atoms. The maximum Gasteiger partial charge on any atom is 0.389 e. The Bertz CT molecular complexity index is 703. The molecular weight excluding hydrogens is 458 g/mol. The molecule has 1 aromatic carbocycles. The first-order valence-electron chi connectivity index (χ1n) is 13.3. The van der Waals surface area contributed by atoms with Crippen molar-refractivity contribution in [3.05, 3.63) is 35.1 Å². The van der Waals surface area contributed by atoms with Gasteiger partial charge in [0.15, 0.2) is 0 Å². The van der Waals surface area contributed by atoms with Gasteiger partial charge in [-0.2, -0.15) is 18.4 Å². The molecule has 7 heteroatoms. The van der Waals surface area contributed by atoms with E-state index >= 15 is 0 Å². The SMILES string of the molecule is N#Cc1cc(F)cc(CO[C@@H](CO)CCCCCCCCCCCCCCCCCC(F)(F)F)c1. The highest BCUT2D eigenvalue weighted by Crippen LogP contribution is 2.23. The molecule has 0 unspecified atom stereocenters. The average molecular weight is 502 g/mol. The van der Waals surface area contributed by atoms with Crippen LogP contribution in [-0.2, 0) is 11.3 Å². The fourth-order valence-electron chi connectivity index (χ4n) is 4.24. The van der Waals surface area contributed by atoms with Crippen LogP contribution in [0.5, 0.6) is 0 Å². The number of aliphatic hydroxyl groups is 1. The highest BCUT2D eigenvalue weighted by atomic mass is 19.4. The Morgan fingerprint density at radius 1 is 0.771 bits per heavy atom. The fraction of sp³-hybridized carbons (Fsp3) is 0.750. The summed E-state index contributed by atoms with van der Waals surface area (Å²) >= 11 is 0. The van der Waals surface area contributed by atoms with Crippen molar-refractivity contribution >= 4 is 0 Å².